The second-order valence-corrected chi connectivity index (χ2v) is 8.51. The number of rotatable bonds is 7. The summed E-state index contributed by atoms with van der Waals surface area (Å²) >= 11 is 6.05. The van der Waals surface area contributed by atoms with Gasteiger partial charge in [-0.25, -0.2) is 0 Å². The predicted octanol–water partition coefficient (Wildman–Crippen LogP) is 4.51. The molecule has 0 unspecified atom stereocenters. The van der Waals surface area contributed by atoms with Crippen molar-refractivity contribution >= 4 is 34.8 Å². The summed E-state index contributed by atoms with van der Waals surface area (Å²) in [5.41, 5.74) is 4.21. The number of ether oxygens (including phenoxy) is 1. The van der Waals surface area contributed by atoms with Gasteiger partial charge in [-0.15, -0.1) is 0 Å². The summed E-state index contributed by atoms with van der Waals surface area (Å²) in [6.45, 7) is 4.11. The number of hydrogen-bond donors (Lipinski definition) is 2. The van der Waals surface area contributed by atoms with E-state index in [1.807, 2.05) is 38.1 Å². The van der Waals surface area contributed by atoms with Crippen molar-refractivity contribution in [3.8, 4) is 5.75 Å². The summed E-state index contributed by atoms with van der Waals surface area (Å²) in [7, 11) is 3.42. The van der Waals surface area contributed by atoms with Gasteiger partial charge in [0.05, 0.1) is 29.5 Å². The molecule has 2 N–H and O–H groups in total. The van der Waals surface area contributed by atoms with E-state index in [0.29, 0.717) is 28.6 Å². The first-order chi connectivity index (χ1) is 16.7. The lowest BCUT2D eigenvalue weighted by molar-refractivity contribution is 0.101. The van der Waals surface area contributed by atoms with Crippen LogP contribution in [0.25, 0.3) is 0 Å². The third-order valence-electron chi connectivity index (χ3n) is 5.64. The number of aryl methyl sites for hydroxylation is 3. The van der Waals surface area contributed by atoms with Crippen molar-refractivity contribution in [2.45, 2.75) is 20.5 Å². The molecule has 0 aliphatic rings. The molecular formula is C25H25ClN6O3. The van der Waals surface area contributed by atoms with Crippen LogP contribution in [0.1, 0.15) is 37.7 Å². The lowest BCUT2D eigenvalue weighted by Gasteiger charge is -2.10. The van der Waals surface area contributed by atoms with Crippen molar-refractivity contribution in [2.75, 3.05) is 10.6 Å². The van der Waals surface area contributed by atoms with Crippen LogP contribution >= 0.6 is 11.6 Å². The zero-order chi connectivity index (χ0) is 25.1. The second-order valence-electron chi connectivity index (χ2n) is 8.10. The first-order valence-electron chi connectivity index (χ1n) is 10.8. The van der Waals surface area contributed by atoms with Crippen molar-refractivity contribution in [1.82, 2.24) is 19.6 Å². The number of amides is 2. The van der Waals surface area contributed by atoms with Crippen molar-refractivity contribution in [1.29, 1.82) is 0 Å². The predicted molar refractivity (Wildman–Crippen MR) is 134 cm³/mol. The summed E-state index contributed by atoms with van der Waals surface area (Å²) in [6.07, 6.45) is 3.01. The Morgan fingerprint density at radius 3 is 2.23 bits per heavy atom. The van der Waals surface area contributed by atoms with Gasteiger partial charge < -0.3 is 15.4 Å². The van der Waals surface area contributed by atoms with E-state index in [0.717, 1.165) is 22.6 Å². The van der Waals surface area contributed by atoms with Crippen LogP contribution in [0.2, 0.25) is 5.02 Å². The lowest BCUT2D eigenvalue weighted by atomic mass is 10.1. The molecule has 0 spiro atoms. The molecule has 4 aromatic rings. The van der Waals surface area contributed by atoms with Gasteiger partial charge in [0.15, 0.2) is 0 Å². The Morgan fingerprint density at radius 1 is 0.914 bits per heavy atom. The molecule has 2 amide bonds. The maximum Gasteiger partial charge on any atom is 0.276 e. The molecule has 2 heterocycles. The molecule has 0 bridgehead atoms. The van der Waals surface area contributed by atoms with Crippen molar-refractivity contribution in [3.63, 3.8) is 0 Å². The molecule has 0 saturated heterocycles. The second kappa shape index (κ2) is 10.0. The fourth-order valence-electron chi connectivity index (χ4n) is 3.42. The number of aromatic nitrogens is 4. The number of carbonyl (C=O) groups is 2. The highest BCUT2D eigenvalue weighted by molar-refractivity contribution is 6.31. The molecule has 0 fully saturated rings. The van der Waals surface area contributed by atoms with Crippen LogP contribution in [-0.4, -0.2) is 31.4 Å². The van der Waals surface area contributed by atoms with E-state index in [2.05, 4.69) is 20.8 Å². The van der Waals surface area contributed by atoms with E-state index in [-0.39, 0.29) is 11.6 Å². The van der Waals surface area contributed by atoms with Crippen LogP contribution in [0.3, 0.4) is 0 Å². The van der Waals surface area contributed by atoms with Gasteiger partial charge in [-0.3, -0.25) is 19.0 Å². The van der Waals surface area contributed by atoms with E-state index >= 15 is 0 Å². The molecule has 180 valence electrons. The van der Waals surface area contributed by atoms with Gasteiger partial charge in [-0.2, -0.15) is 10.2 Å². The molecule has 10 heteroatoms. The Labute approximate surface area is 207 Å². The topological polar surface area (TPSA) is 103 Å². The Hall–Kier alpha value is -4.11. The van der Waals surface area contributed by atoms with Crippen molar-refractivity contribution in [2.24, 2.45) is 14.1 Å². The zero-order valence-electron chi connectivity index (χ0n) is 19.8. The monoisotopic (exact) mass is 492 g/mol. The number of anilines is 2. The molecule has 0 atom stereocenters. The van der Waals surface area contributed by atoms with Gasteiger partial charge in [-0.1, -0.05) is 23.7 Å². The highest BCUT2D eigenvalue weighted by atomic mass is 35.5. The van der Waals surface area contributed by atoms with E-state index in [1.165, 1.54) is 10.9 Å². The van der Waals surface area contributed by atoms with Gasteiger partial charge in [0.2, 0.25) is 0 Å². The van der Waals surface area contributed by atoms with Gasteiger partial charge in [0, 0.05) is 24.7 Å². The molecule has 35 heavy (non-hydrogen) atoms. The van der Waals surface area contributed by atoms with Crippen LogP contribution in [0, 0.1) is 13.8 Å². The smallest absolute Gasteiger partial charge is 0.276 e. The third-order valence-corrected chi connectivity index (χ3v) is 6.06. The summed E-state index contributed by atoms with van der Waals surface area (Å²) in [6, 6.07) is 12.5. The van der Waals surface area contributed by atoms with Gasteiger partial charge in [0.1, 0.15) is 18.1 Å². The van der Waals surface area contributed by atoms with Crippen LogP contribution in [-0.2, 0) is 20.7 Å². The summed E-state index contributed by atoms with van der Waals surface area (Å²) in [5, 5.41) is 14.5. The molecule has 0 aliphatic carbocycles. The standard InChI is InChI=1S/C25H25ClN6O3/c1-15-11-19(9-10-20(15)26)35-14-17-5-7-18(8-6-17)24(33)30-22-13-28-32(4)23(22)25(34)29-21-12-27-31(3)16(21)2/h5-13H,14H2,1-4H3,(H,29,34)(H,30,33). The van der Waals surface area contributed by atoms with E-state index in [9.17, 15) is 9.59 Å². The lowest BCUT2D eigenvalue weighted by Crippen LogP contribution is -2.20. The fraction of sp³-hybridized carbons (Fsp3) is 0.200. The number of carbonyl (C=O) groups excluding carboxylic acids is 2. The minimum Gasteiger partial charge on any atom is -0.489 e. The molecule has 2 aromatic carbocycles. The average Bonchev–Trinajstić information content (AvgIpc) is 3.36. The zero-order valence-corrected chi connectivity index (χ0v) is 20.6. The van der Waals surface area contributed by atoms with Crippen molar-refractivity contribution < 1.29 is 14.3 Å². The maximum atomic E-state index is 12.9. The van der Waals surface area contributed by atoms with Crippen LogP contribution < -0.4 is 15.4 Å². The van der Waals surface area contributed by atoms with Gasteiger partial charge in [0.25, 0.3) is 11.8 Å². The minimum absolute atomic E-state index is 0.227. The molecule has 0 aliphatic heterocycles. The number of benzene rings is 2. The van der Waals surface area contributed by atoms with E-state index in [1.54, 1.807) is 43.2 Å². The minimum atomic E-state index is -0.402. The van der Waals surface area contributed by atoms with Gasteiger partial charge in [-0.05, 0) is 55.3 Å². The first-order valence-corrected chi connectivity index (χ1v) is 11.2. The molecule has 0 saturated carbocycles. The SMILES string of the molecule is Cc1cc(OCc2ccc(C(=O)Nc3cnn(C)c3C(=O)Nc3cnn(C)c3C)cc2)ccc1Cl. The largest absolute Gasteiger partial charge is 0.489 e. The molecule has 4 rings (SSSR count). The molecule has 9 nitrogen and oxygen atoms in total. The Morgan fingerprint density at radius 2 is 1.57 bits per heavy atom. The first kappa shape index (κ1) is 24.0. The van der Waals surface area contributed by atoms with Crippen LogP contribution in [0.4, 0.5) is 11.4 Å². The Kier molecular flexibility index (Phi) is 6.88. The summed E-state index contributed by atoms with van der Waals surface area (Å²) in [4.78, 5) is 25.7. The van der Waals surface area contributed by atoms with Crippen LogP contribution in [0.15, 0.2) is 54.9 Å². The fourth-order valence-corrected chi connectivity index (χ4v) is 3.54. The van der Waals surface area contributed by atoms with E-state index in [4.69, 9.17) is 16.3 Å². The highest BCUT2D eigenvalue weighted by Crippen LogP contribution is 2.22. The van der Waals surface area contributed by atoms with Crippen LogP contribution in [0.5, 0.6) is 5.75 Å². The highest BCUT2D eigenvalue weighted by Gasteiger charge is 2.20. The third kappa shape index (κ3) is 5.36. The molecule has 0 radical (unpaired) electrons. The summed E-state index contributed by atoms with van der Waals surface area (Å²) < 4.78 is 8.88. The van der Waals surface area contributed by atoms with Gasteiger partial charge >= 0.3 is 0 Å². The van der Waals surface area contributed by atoms with E-state index < -0.39 is 5.91 Å². The molecule has 2 aromatic heterocycles. The quantitative estimate of drug-likeness (QED) is 0.395. The maximum absolute atomic E-state index is 12.9. The van der Waals surface area contributed by atoms with Crippen molar-refractivity contribution in [3.05, 3.63) is 88.0 Å². The number of halogens is 1. The number of nitrogens with one attached hydrogen (secondary N) is 2. The average molecular weight is 493 g/mol. The normalized spacial score (nSPS) is 10.8. The molecular weight excluding hydrogens is 468 g/mol. The summed E-state index contributed by atoms with van der Waals surface area (Å²) in [5.74, 6) is -0.0377. The Bertz CT molecular complexity index is 1390. The number of nitrogens with zero attached hydrogens (tertiary/aromatic N) is 4. The number of hydrogen-bond acceptors (Lipinski definition) is 5. The Balaban J connectivity index is 1.41.